The molecule has 0 radical (unpaired) electrons. The van der Waals surface area contributed by atoms with Gasteiger partial charge in [0.05, 0.1) is 12.4 Å². The number of aromatic amines is 2. The first kappa shape index (κ1) is 62.9. The Labute approximate surface area is 469 Å². The van der Waals surface area contributed by atoms with Crippen molar-refractivity contribution in [2.75, 3.05) is 6.54 Å². The van der Waals surface area contributed by atoms with E-state index in [2.05, 4.69) is 57.5 Å². The van der Waals surface area contributed by atoms with Crippen LogP contribution < -0.4 is 54.0 Å². The van der Waals surface area contributed by atoms with Gasteiger partial charge < -0.3 is 69.1 Å². The van der Waals surface area contributed by atoms with Crippen molar-refractivity contribution in [3.8, 4) is 0 Å². The molecule has 0 aliphatic carbocycles. The summed E-state index contributed by atoms with van der Waals surface area (Å²) in [6, 6.07) is 15.2. The molecule has 0 spiro atoms. The molecule has 0 fully saturated rings. The number of nitrogens with one attached hydrogen (secondary N) is 10. The number of hydrogen-bond donors (Lipinski definition) is 13. The monoisotopic (exact) mass is 1120 g/mol. The summed E-state index contributed by atoms with van der Waals surface area (Å²) in [5.41, 5.74) is 15.0. The van der Waals surface area contributed by atoms with E-state index < -0.39 is 113 Å². The fourth-order valence-corrected chi connectivity index (χ4v) is 8.76. The molecule has 5 rings (SSSR count). The molecule has 434 valence electrons. The number of hydrogen-bond acceptors (Lipinski definition) is 12. The molecule has 9 amide bonds. The Hall–Kier alpha value is -8.93. The number of carbonyl (C=O) groups excluding carboxylic acids is 9. The highest BCUT2D eigenvalue weighted by atomic mass is 16.4. The highest BCUT2D eigenvalue weighted by Gasteiger charge is 2.34. The number of unbranched alkanes of at least 4 members (excludes halogenated alkanes) is 1. The Balaban J connectivity index is 1.22. The number of rotatable bonds is 33. The van der Waals surface area contributed by atoms with Crippen molar-refractivity contribution in [2.24, 2.45) is 17.4 Å². The normalized spacial score (nSPS) is 14.1. The van der Waals surface area contributed by atoms with Crippen LogP contribution in [0.5, 0.6) is 0 Å². The topological polar surface area (TPSA) is 384 Å². The van der Waals surface area contributed by atoms with Crippen molar-refractivity contribution in [3.05, 3.63) is 126 Å². The third-order valence-electron chi connectivity index (χ3n) is 13.3. The second-order valence-corrected chi connectivity index (χ2v) is 20.2. The number of carboxylic acids is 1. The molecule has 0 bridgehead atoms. The van der Waals surface area contributed by atoms with Crippen molar-refractivity contribution in [2.45, 2.75) is 140 Å². The van der Waals surface area contributed by atoms with E-state index in [0.29, 0.717) is 29.7 Å². The highest BCUT2D eigenvalue weighted by molar-refractivity contribution is 5.97. The summed E-state index contributed by atoms with van der Waals surface area (Å²) >= 11 is 0. The number of imidazole rings is 1. The number of benzene rings is 3. The van der Waals surface area contributed by atoms with Gasteiger partial charge >= 0.3 is 5.97 Å². The quantitative estimate of drug-likeness (QED) is 0.0274. The first-order chi connectivity index (χ1) is 38.7. The van der Waals surface area contributed by atoms with Crippen LogP contribution in [0.2, 0.25) is 0 Å². The number of primary amides is 1. The van der Waals surface area contributed by atoms with Crippen LogP contribution in [0.1, 0.15) is 88.6 Å². The molecular weight excluding hydrogens is 1040 g/mol. The zero-order valence-electron chi connectivity index (χ0n) is 45.9. The first-order valence-corrected chi connectivity index (χ1v) is 27.0. The minimum atomic E-state index is -1.35. The van der Waals surface area contributed by atoms with Gasteiger partial charge in [-0.25, -0.2) is 9.78 Å². The second-order valence-electron chi connectivity index (χ2n) is 20.2. The van der Waals surface area contributed by atoms with Crippen molar-refractivity contribution < 1.29 is 53.1 Å². The lowest BCUT2D eigenvalue weighted by Crippen LogP contribution is -2.59. The lowest BCUT2D eigenvalue weighted by Gasteiger charge is -2.26. The molecule has 24 nitrogen and oxygen atoms in total. The maximum Gasteiger partial charge on any atom is 0.326 e. The molecule has 0 saturated carbocycles. The van der Waals surface area contributed by atoms with Crippen LogP contribution in [0.3, 0.4) is 0 Å². The lowest BCUT2D eigenvalue weighted by molar-refractivity contribution is -0.142. The smallest absolute Gasteiger partial charge is 0.326 e. The van der Waals surface area contributed by atoms with Gasteiger partial charge in [-0.3, -0.25) is 43.2 Å². The highest BCUT2D eigenvalue weighted by Crippen LogP contribution is 2.20. The third-order valence-corrected chi connectivity index (χ3v) is 13.3. The molecule has 81 heavy (non-hydrogen) atoms. The number of para-hydroxylation sites is 1. The summed E-state index contributed by atoms with van der Waals surface area (Å²) in [5.74, 6) is -8.32. The molecule has 0 aliphatic rings. The largest absolute Gasteiger partial charge is 0.480 e. The van der Waals surface area contributed by atoms with Crippen LogP contribution in [0.4, 0.5) is 0 Å². The summed E-state index contributed by atoms with van der Waals surface area (Å²) in [5, 5.41) is 31.7. The van der Waals surface area contributed by atoms with Crippen LogP contribution in [-0.2, 0) is 73.6 Å². The summed E-state index contributed by atoms with van der Waals surface area (Å²) in [4.78, 5) is 144. The number of aliphatic carboxylic acids is 1. The zero-order chi connectivity index (χ0) is 59.0. The number of amides is 9. The van der Waals surface area contributed by atoms with Crippen LogP contribution in [0, 0.1) is 5.92 Å². The molecule has 0 saturated heterocycles. The molecule has 2 aromatic heterocycles. The minimum Gasteiger partial charge on any atom is -0.480 e. The van der Waals surface area contributed by atoms with Gasteiger partial charge in [-0.1, -0.05) is 112 Å². The van der Waals surface area contributed by atoms with Crippen LogP contribution >= 0.6 is 0 Å². The van der Waals surface area contributed by atoms with Crippen molar-refractivity contribution in [1.82, 2.24) is 57.5 Å². The van der Waals surface area contributed by atoms with E-state index in [-0.39, 0.29) is 57.9 Å². The summed E-state index contributed by atoms with van der Waals surface area (Å²) in [6.45, 7) is 6.38. The predicted octanol–water partition coefficient (Wildman–Crippen LogP) is 0.605. The predicted molar refractivity (Wildman–Crippen MR) is 300 cm³/mol. The molecule has 3 aromatic carbocycles. The first-order valence-electron chi connectivity index (χ1n) is 27.0. The number of H-pyrrole nitrogens is 2. The van der Waals surface area contributed by atoms with Gasteiger partial charge in [0.1, 0.15) is 42.3 Å². The van der Waals surface area contributed by atoms with Gasteiger partial charge in [0.2, 0.25) is 53.2 Å². The lowest BCUT2D eigenvalue weighted by atomic mass is 10.0. The van der Waals surface area contributed by atoms with Gasteiger partial charge in [0.15, 0.2) is 0 Å². The van der Waals surface area contributed by atoms with Crippen molar-refractivity contribution >= 4 is 70.0 Å². The van der Waals surface area contributed by atoms with E-state index in [9.17, 15) is 53.1 Å². The molecule has 0 unspecified atom stereocenters. The Kier molecular flexibility index (Phi) is 24.5. The number of nitrogens with zero attached hydrogens (tertiary/aromatic N) is 1. The van der Waals surface area contributed by atoms with E-state index in [1.807, 2.05) is 31.2 Å². The summed E-state index contributed by atoms with van der Waals surface area (Å²) in [7, 11) is 0. The van der Waals surface area contributed by atoms with Gasteiger partial charge in [-0.2, -0.15) is 0 Å². The minimum absolute atomic E-state index is 0.00837. The molecule has 2 heterocycles. The van der Waals surface area contributed by atoms with Crippen LogP contribution in [0.15, 0.2) is 104 Å². The molecule has 0 aliphatic heterocycles. The van der Waals surface area contributed by atoms with E-state index in [0.717, 1.165) is 16.5 Å². The van der Waals surface area contributed by atoms with E-state index >= 15 is 0 Å². The molecular formula is C57H75N13O11. The van der Waals surface area contributed by atoms with Gasteiger partial charge in [-0.15, -0.1) is 0 Å². The van der Waals surface area contributed by atoms with E-state index in [1.54, 1.807) is 80.7 Å². The standard InChI is InChI=1S/C57H75N13O11/c1-5-6-20-43(57(80)81)67-54(77)44(27-36-17-11-8-12-18-36)68-55(78)46(29-38-31-60-32-63-38)65-48(72)24-25-61-56(79)49(33(2)3)70-50(73)34(4)64-53(76)45(28-37-30-62-41-21-14-13-19-39(37)41)69-52(75)42(22-23-47(59)71)66-51(74)40(58)26-35-15-9-7-10-16-35/h7-19,21,30-34,40,42-46,49,62H,5-6,20,22-29,58H2,1-4H3,(H2,59,71)(H,60,63)(H,61,79)(H,64,76)(H,65,72)(H,66,74)(H,67,77)(H,68,78)(H,69,75)(H,70,73)(H,80,81)/t34-,40+,42-,43-,44-,45-,46-,49-/m0/s1. The van der Waals surface area contributed by atoms with Gasteiger partial charge in [0, 0.05) is 67.6 Å². The maximum absolute atomic E-state index is 14.2. The Morgan fingerprint density at radius 3 is 1.75 bits per heavy atom. The van der Waals surface area contributed by atoms with Crippen LogP contribution in [0.25, 0.3) is 10.9 Å². The van der Waals surface area contributed by atoms with Crippen molar-refractivity contribution in [1.29, 1.82) is 0 Å². The van der Waals surface area contributed by atoms with E-state index in [4.69, 9.17) is 11.5 Å². The number of aromatic nitrogens is 3. The summed E-state index contributed by atoms with van der Waals surface area (Å²) < 4.78 is 0. The average molecular weight is 1120 g/mol. The average Bonchev–Trinajstić information content (AvgIpc) is 4.27. The second kappa shape index (κ2) is 31.6. The number of carbonyl (C=O) groups is 10. The fraction of sp³-hybridized carbons (Fsp3) is 0.421. The van der Waals surface area contributed by atoms with Crippen molar-refractivity contribution in [3.63, 3.8) is 0 Å². The molecule has 8 atom stereocenters. The third kappa shape index (κ3) is 20.4. The Bertz CT molecular complexity index is 2920. The van der Waals surface area contributed by atoms with Gasteiger partial charge in [-0.05, 0) is 54.9 Å². The van der Waals surface area contributed by atoms with Gasteiger partial charge in [0.25, 0.3) is 0 Å². The molecule has 24 heteroatoms. The Morgan fingerprint density at radius 1 is 0.580 bits per heavy atom. The number of carboxylic acid groups (broad SMARTS) is 1. The number of nitrogens with two attached hydrogens (primary N) is 2. The van der Waals surface area contributed by atoms with Crippen LogP contribution in [-0.4, -0.2) is 134 Å². The van der Waals surface area contributed by atoms with E-state index in [1.165, 1.54) is 19.4 Å². The number of fused-ring (bicyclic) bond motifs is 1. The summed E-state index contributed by atoms with van der Waals surface area (Å²) in [6.07, 6.45) is 5.11. The SMILES string of the molecule is CCCC[C@H](NC(=O)[C@H](Cc1ccccc1)NC(=O)[C@H](Cc1cnc[nH]1)NC(=O)CCNC(=O)[C@@H](NC(=O)[C@H](C)NC(=O)[C@H](Cc1c[nH]c2ccccc12)NC(=O)[C@H](CCC(N)=O)NC(=O)[C@H](N)Cc1ccccc1)C(C)C)C(=O)O. The molecule has 15 N–H and O–H groups in total. The zero-order valence-corrected chi connectivity index (χ0v) is 45.9. The fourth-order valence-electron chi connectivity index (χ4n) is 8.76. The molecule has 5 aromatic rings. The Morgan fingerprint density at radius 2 is 1.15 bits per heavy atom. The maximum atomic E-state index is 14.2.